The second kappa shape index (κ2) is 8.03. The van der Waals surface area contributed by atoms with E-state index in [1.165, 1.54) is 12.8 Å². The van der Waals surface area contributed by atoms with Crippen molar-refractivity contribution in [1.82, 2.24) is 5.32 Å². The van der Waals surface area contributed by atoms with Gasteiger partial charge in [-0.25, -0.2) is 0 Å². The van der Waals surface area contributed by atoms with Gasteiger partial charge in [-0.2, -0.15) is 0 Å². The van der Waals surface area contributed by atoms with E-state index in [0.717, 1.165) is 26.1 Å². The van der Waals surface area contributed by atoms with Crippen molar-refractivity contribution >= 4 is 0 Å². The lowest BCUT2D eigenvalue weighted by atomic mass is 9.97. The Labute approximate surface area is 105 Å². The predicted molar refractivity (Wildman–Crippen MR) is 68.2 cm³/mol. The molecule has 4 nitrogen and oxygen atoms in total. The molecule has 1 fully saturated rings. The molecular weight excluding hydrogens is 218 g/mol. The van der Waals surface area contributed by atoms with Gasteiger partial charge in [0.05, 0.1) is 19.8 Å². The van der Waals surface area contributed by atoms with Crippen molar-refractivity contribution in [3.8, 4) is 0 Å². The molecule has 0 amide bonds. The largest absolute Gasteiger partial charge is 0.394 e. The van der Waals surface area contributed by atoms with E-state index in [0.29, 0.717) is 19.3 Å². The molecular formula is C13H27NO3. The molecule has 1 saturated carbocycles. The Bertz CT molecular complexity index is 197. The zero-order valence-electron chi connectivity index (χ0n) is 11.2. The number of hydrogen-bond acceptors (Lipinski definition) is 4. The van der Waals surface area contributed by atoms with E-state index in [9.17, 15) is 5.11 Å². The normalized spacial score (nSPS) is 19.2. The van der Waals surface area contributed by atoms with Crippen molar-refractivity contribution in [2.24, 2.45) is 0 Å². The lowest BCUT2D eigenvalue weighted by molar-refractivity contribution is 0.0473. The number of aliphatic hydroxyl groups is 1. The van der Waals surface area contributed by atoms with Gasteiger partial charge in [0.1, 0.15) is 0 Å². The number of hydrogen-bond donors (Lipinski definition) is 2. The van der Waals surface area contributed by atoms with Crippen LogP contribution < -0.4 is 5.32 Å². The van der Waals surface area contributed by atoms with E-state index in [4.69, 9.17) is 9.47 Å². The van der Waals surface area contributed by atoms with Gasteiger partial charge >= 0.3 is 0 Å². The van der Waals surface area contributed by atoms with Crippen LogP contribution in [-0.4, -0.2) is 49.7 Å². The average Bonchev–Trinajstić information content (AvgIpc) is 3.12. The van der Waals surface area contributed by atoms with Gasteiger partial charge in [-0.15, -0.1) is 0 Å². The third-order valence-corrected chi connectivity index (χ3v) is 3.07. The lowest BCUT2D eigenvalue weighted by Gasteiger charge is -2.29. The highest BCUT2D eigenvalue weighted by Crippen LogP contribution is 2.24. The monoisotopic (exact) mass is 245 g/mol. The van der Waals surface area contributed by atoms with Crippen molar-refractivity contribution in [1.29, 1.82) is 0 Å². The highest BCUT2D eigenvalue weighted by Gasteiger charge is 2.31. The maximum absolute atomic E-state index is 9.41. The van der Waals surface area contributed by atoms with Crippen molar-refractivity contribution in [3.05, 3.63) is 0 Å². The summed E-state index contributed by atoms with van der Waals surface area (Å²) in [5.41, 5.74) is -0.134. The smallest absolute Gasteiger partial charge is 0.0700 e. The number of rotatable bonds is 11. The number of ether oxygens (including phenoxy) is 2. The summed E-state index contributed by atoms with van der Waals surface area (Å²) < 4.78 is 10.6. The molecule has 0 aromatic rings. The Balaban J connectivity index is 1.98. The van der Waals surface area contributed by atoms with E-state index in [1.807, 2.05) is 6.92 Å². The molecule has 0 radical (unpaired) electrons. The SMILES string of the molecule is CCOCCOCCCC(C)(CO)NC1CC1. The quantitative estimate of drug-likeness (QED) is 0.539. The molecule has 1 rings (SSSR count). The molecule has 0 heterocycles. The summed E-state index contributed by atoms with van der Waals surface area (Å²) >= 11 is 0. The second-order valence-electron chi connectivity index (χ2n) is 5.05. The van der Waals surface area contributed by atoms with Gasteiger partial charge in [0.25, 0.3) is 0 Å². The summed E-state index contributed by atoms with van der Waals surface area (Å²) in [4.78, 5) is 0. The molecule has 1 aliphatic carbocycles. The zero-order chi connectivity index (χ0) is 12.6. The summed E-state index contributed by atoms with van der Waals surface area (Å²) in [6.45, 7) is 7.10. The molecule has 102 valence electrons. The van der Waals surface area contributed by atoms with Crippen molar-refractivity contribution < 1.29 is 14.6 Å². The van der Waals surface area contributed by atoms with Crippen LogP contribution in [0.5, 0.6) is 0 Å². The fraction of sp³-hybridized carbons (Fsp3) is 1.00. The first-order valence-electron chi connectivity index (χ1n) is 6.74. The summed E-state index contributed by atoms with van der Waals surface area (Å²) in [5.74, 6) is 0. The van der Waals surface area contributed by atoms with Gasteiger partial charge in [0.2, 0.25) is 0 Å². The maximum atomic E-state index is 9.41. The van der Waals surface area contributed by atoms with Crippen LogP contribution in [-0.2, 0) is 9.47 Å². The van der Waals surface area contributed by atoms with Crippen LogP contribution in [0.3, 0.4) is 0 Å². The number of nitrogens with one attached hydrogen (secondary N) is 1. The molecule has 1 aliphatic rings. The standard InChI is InChI=1S/C13H27NO3/c1-3-16-9-10-17-8-4-7-13(2,11-15)14-12-5-6-12/h12,14-15H,3-11H2,1-2H3. The van der Waals surface area contributed by atoms with E-state index in [-0.39, 0.29) is 12.1 Å². The average molecular weight is 245 g/mol. The molecule has 0 saturated heterocycles. The van der Waals surface area contributed by atoms with Crippen LogP contribution in [0, 0.1) is 0 Å². The lowest BCUT2D eigenvalue weighted by Crippen LogP contribution is -2.47. The fourth-order valence-electron chi connectivity index (χ4n) is 1.85. The van der Waals surface area contributed by atoms with Crippen molar-refractivity contribution in [3.63, 3.8) is 0 Å². The third kappa shape index (κ3) is 6.99. The Hall–Kier alpha value is -0.160. The summed E-state index contributed by atoms with van der Waals surface area (Å²) in [7, 11) is 0. The Morgan fingerprint density at radius 1 is 1.24 bits per heavy atom. The Morgan fingerprint density at radius 2 is 1.94 bits per heavy atom. The first-order chi connectivity index (χ1) is 8.20. The molecule has 0 bridgehead atoms. The van der Waals surface area contributed by atoms with Crippen LogP contribution in [0.25, 0.3) is 0 Å². The summed E-state index contributed by atoms with van der Waals surface area (Å²) in [5, 5.41) is 12.9. The van der Waals surface area contributed by atoms with Crippen molar-refractivity contribution in [2.45, 2.75) is 51.1 Å². The van der Waals surface area contributed by atoms with Crippen LogP contribution in [0.15, 0.2) is 0 Å². The molecule has 4 heteroatoms. The van der Waals surface area contributed by atoms with Gasteiger partial charge in [-0.05, 0) is 39.5 Å². The van der Waals surface area contributed by atoms with E-state index >= 15 is 0 Å². The molecule has 0 aromatic heterocycles. The molecule has 1 atom stereocenters. The Kier molecular flexibility index (Phi) is 7.04. The van der Waals surface area contributed by atoms with Gasteiger partial charge in [-0.1, -0.05) is 0 Å². The minimum absolute atomic E-state index is 0.134. The van der Waals surface area contributed by atoms with Crippen LogP contribution in [0.2, 0.25) is 0 Å². The first kappa shape index (κ1) is 14.9. The highest BCUT2D eigenvalue weighted by molar-refractivity contribution is 4.92. The topological polar surface area (TPSA) is 50.7 Å². The van der Waals surface area contributed by atoms with Crippen LogP contribution >= 0.6 is 0 Å². The molecule has 0 aliphatic heterocycles. The van der Waals surface area contributed by atoms with E-state index in [2.05, 4.69) is 12.2 Å². The van der Waals surface area contributed by atoms with Crippen LogP contribution in [0.1, 0.15) is 39.5 Å². The molecule has 0 spiro atoms. The number of aliphatic hydroxyl groups excluding tert-OH is 1. The minimum Gasteiger partial charge on any atom is -0.394 e. The molecule has 0 aromatic carbocycles. The Morgan fingerprint density at radius 3 is 2.53 bits per heavy atom. The summed E-state index contributed by atoms with van der Waals surface area (Å²) in [6.07, 6.45) is 4.43. The molecule has 17 heavy (non-hydrogen) atoms. The highest BCUT2D eigenvalue weighted by atomic mass is 16.5. The summed E-state index contributed by atoms with van der Waals surface area (Å²) in [6, 6.07) is 0.631. The molecule has 1 unspecified atom stereocenters. The second-order valence-corrected chi connectivity index (χ2v) is 5.05. The van der Waals surface area contributed by atoms with Gasteiger partial charge in [0.15, 0.2) is 0 Å². The van der Waals surface area contributed by atoms with Gasteiger partial charge in [0, 0.05) is 24.8 Å². The maximum Gasteiger partial charge on any atom is 0.0700 e. The van der Waals surface area contributed by atoms with E-state index < -0.39 is 0 Å². The fourth-order valence-corrected chi connectivity index (χ4v) is 1.85. The molecule has 2 N–H and O–H groups in total. The minimum atomic E-state index is -0.134. The third-order valence-electron chi connectivity index (χ3n) is 3.07. The first-order valence-corrected chi connectivity index (χ1v) is 6.74. The zero-order valence-corrected chi connectivity index (χ0v) is 11.2. The van der Waals surface area contributed by atoms with Crippen molar-refractivity contribution in [2.75, 3.05) is 33.0 Å². The predicted octanol–water partition coefficient (Wildman–Crippen LogP) is 1.32. The van der Waals surface area contributed by atoms with Gasteiger partial charge in [-0.3, -0.25) is 0 Å². The van der Waals surface area contributed by atoms with E-state index in [1.54, 1.807) is 0 Å². The van der Waals surface area contributed by atoms with Crippen LogP contribution in [0.4, 0.5) is 0 Å². The van der Waals surface area contributed by atoms with Gasteiger partial charge < -0.3 is 19.9 Å².